The summed E-state index contributed by atoms with van der Waals surface area (Å²) in [5.41, 5.74) is 0.0428. The van der Waals surface area contributed by atoms with Crippen LogP contribution in [0, 0.1) is 27.4 Å². The number of nitriles is 1. The number of para-hydroxylation sites is 1. The largest absolute Gasteiger partial charge is 0.285 e. The van der Waals surface area contributed by atoms with Gasteiger partial charge in [-0.3, -0.25) is 15.0 Å². The van der Waals surface area contributed by atoms with Crippen LogP contribution in [0.1, 0.15) is 32.3 Å². The summed E-state index contributed by atoms with van der Waals surface area (Å²) in [5, 5.41) is 20.8. The highest BCUT2D eigenvalue weighted by molar-refractivity contribution is 5.41. The van der Waals surface area contributed by atoms with Gasteiger partial charge in [0.25, 0.3) is 5.69 Å². The molecule has 1 aliphatic rings. The van der Waals surface area contributed by atoms with Gasteiger partial charge in [-0.25, -0.2) is 0 Å². The summed E-state index contributed by atoms with van der Waals surface area (Å²) in [7, 11) is 0. The number of likely N-dealkylation sites (tertiary alicyclic amines) is 1. The Bertz CT molecular complexity index is 559. The third-order valence-corrected chi connectivity index (χ3v) is 4.45. The standard InChI is InChI=1S/C16H21N3O2/c1-13-7-9-18(10-8-13)16(2,12-17)11-14-5-3-4-6-15(14)19(20)21/h3-6,13H,7-11H2,1-2H3. The summed E-state index contributed by atoms with van der Waals surface area (Å²) >= 11 is 0. The smallest absolute Gasteiger partial charge is 0.272 e. The molecule has 0 saturated carbocycles. The number of nitro groups is 1. The van der Waals surface area contributed by atoms with E-state index in [1.54, 1.807) is 18.2 Å². The van der Waals surface area contributed by atoms with Crippen molar-refractivity contribution in [3.63, 3.8) is 0 Å². The summed E-state index contributed by atoms with van der Waals surface area (Å²) in [5.74, 6) is 0.690. The van der Waals surface area contributed by atoms with Crippen molar-refractivity contribution in [2.45, 2.75) is 38.6 Å². The number of hydrogen-bond donors (Lipinski definition) is 0. The van der Waals surface area contributed by atoms with Crippen LogP contribution in [0.2, 0.25) is 0 Å². The summed E-state index contributed by atoms with van der Waals surface area (Å²) < 4.78 is 0. The average Bonchev–Trinajstić information content (AvgIpc) is 2.48. The molecule has 0 N–H and O–H groups in total. The second kappa shape index (κ2) is 6.23. The highest BCUT2D eigenvalue weighted by atomic mass is 16.6. The SMILES string of the molecule is CC1CCN(C(C)(C#N)Cc2ccccc2[N+](=O)[O-])CC1. The zero-order chi connectivity index (χ0) is 15.5. The van der Waals surface area contributed by atoms with Crippen LogP contribution in [0.5, 0.6) is 0 Å². The fraction of sp³-hybridized carbons (Fsp3) is 0.562. The van der Waals surface area contributed by atoms with Crippen LogP contribution in [-0.2, 0) is 6.42 Å². The molecule has 1 unspecified atom stereocenters. The second-order valence-corrected chi connectivity index (χ2v) is 6.12. The van der Waals surface area contributed by atoms with Gasteiger partial charge in [-0.05, 0) is 38.8 Å². The lowest BCUT2D eigenvalue weighted by atomic mass is 9.88. The minimum Gasteiger partial charge on any atom is -0.285 e. The van der Waals surface area contributed by atoms with Crippen molar-refractivity contribution in [3.8, 4) is 6.07 Å². The Morgan fingerprint density at radius 2 is 2.05 bits per heavy atom. The summed E-state index contributed by atoms with van der Waals surface area (Å²) in [6, 6.07) is 9.09. The molecule has 0 amide bonds. The van der Waals surface area contributed by atoms with Crippen molar-refractivity contribution in [2.24, 2.45) is 5.92 Å². The molecule has 1 atom stereocenters. The quantitative estimate of drug-likeness (QED) is 0.630. The molecule has 0 aliphatic carbocycles. The Morgan fingerprint density at radius 3 is 2.62 bits per heavy atom. The van der Waals surface area contributed by atoms with Gasteiger partial charge in [0.05, 0.1) is 11.0 Å². The van der Waals surface area contributed by atoms with E-state index in [9.17, 15) is 15.4 Å². The Morgan fingerprint density at radius 1 is 1.43 bits per heavy atom. The molecule has 0 spiro atoms. The first-order chi connectivity index (χ1) is 9.96. The number of benzene rings is 1. The van der Waals surface area contributed by atoms with E-state index in [-0.39, 0.29) is 10.6 Å². The van der Waals surface area contributed by atoms with Gasteiger partial charge >= 0.3 is 0 Å². The molecule has 112 valence electrons. The first kappa shape index (κ1) is 15.5. The third kappa shape index (κ3) is 3.40. The minimum absolute atomic E-state index is 0.101. The van der Waals surface area contributed by atoms with Crippen molar-refractivity contribution >= 4 is 5.69 Å². The van der Waals surface area contributed by atoms with Crippen molar-refractivity contribution in [1.29, 1.82) is 5.26 Å². The molecule has 5 nitrogen and oxygen atoms in total. The highest BCUT2D eigenvalue weighted by Crippen LogP contribution is 2.29. The predicted octanol–water partition coefficient (Wildman–Crippen LogP) is 3.15. The van der Waals surface area contributed by atoms with Crippen LogP contribution >= 0.6 is 0 Å². The molecule has 1 saturated heterocycles. The van der Waals surface area contributed by atoms with Crippen LogP contribution in [0.4, 0.5) is 5.69 Å². The fourth-order valence-corrected chi connectivity index (χ4v) is 2.93. The molecule has 0 bridgehead atoms. The number of hydrogen-bond acceptors (Lipinski definition) is 4. The lowest BCUT2D eigenvalue weighted by molar-refractivity contribution is -0.385. The molecular weight excluding hydrogens is 266 g/mol. The van der Waals surface area contributed by atoms with E-state index in [0.29, 0.717) is 17.9 Å². The first-order valence-corrected chi connectivity index (χ1v) is 7.35. The van der Waals surface area contributed by atoms with E-state index in [0.717, 1.165) is 25.9 Å². The van der Waals surface area contributed by atoms with E-state index < -0.39 is 5.54 Å². The second-order valence-electron chi connectivity index (χ2n) is 6.12. The molecule has 1 fully saturated rings. The number of nitrogens with zero attached hydrogens (tertiary/aromatic N) is 3. The number of rotatable bonds is 4. The van der Waals surface area contributed by atoms with Crippen LogP contribution in [0.25, 0.3) is 0 Å². The van der Waals surface area contributed by atoms with E-state index >= 15 is 0 Å². The molecule has 2 rings (SSSR count). The predicted molar refractivity (Wildman–Crippen MR) is 80.8 cm³/mol. The zero-order valence-corrected chi connectivity index (χ0v) is 12.6. The van der Waals surface area contributed by atoms with Gasteiger partial charge in [-0.2, -0.15) is 5.26 Å². The summed E-state index contributed by atoms with van der Waals surface area (Å²) in [4.78, 5) is 12.9. The van der Waals surface area contributed by atoms with Crippen LogP contribution in [0.3, 0.4) is 0 Å². The van der Waals surface area contributed by atoms with E-state index in [4.69, 9.17) is 0 Å². The molecule has 5 heteroatoms. The van der Waals surface area contributed by atoms with Crippen LogP contribution in [-0.4, -0.2) is 28.5 Å². The Labute approximate surface area is 125 Å². The normalized spacial score (nSPS) is 19.7. The topological polar surface area (TPSA) is 70.2 Å². The van der Waals surface area contributed by atoms with Crippen molar-refractivity contribution in [1.82, 2.24) is 4.90 Å². The van der Waals surface area contributed by atoms with Gasteiger partial charge in [-0.15, -0.1) is 0 Å². The van der Waals surface area contributed by atoms with Gasteiger partial charge in [0.1, 0.15) is 5.54 Å². The Hall–Kier alpha value is -1.93. The van der Waals surface area contributed by atoms with Crippen molar-refractivity contribution < 1.29 is 4.92 Å². The molecule has 0 radical (unpaired) electrons. The lowest BCUT2D eigenvalue weighted by Gasteiger charge is -2.40. The van der Waals surface area contributed by atoms with Crippen LogP contribution < -0.4 is 0 Å². The van der Waals surface area contributed by atoms with E-state index in [2.05, 4.69) is 17.9 Å². The highest BCUT2D eigenvalue weighted by Gasteiger charge is 2.35. The maximum absolute atomic E-state index is 11.1. The zero-order valence-electron chi connectivity index (χ0n) is 12.6. The van der Waals surface area contributed by atoms with Gasteiger partial charge in [0.15, 0.2) is 0 Å². The monoisotopic (exact) mass is 287 g/mol. The first-order valence-electron chi connectivity index (χ1n) is 7.35. The van der Waals surface area contributed by atoms with Gasteiger partial charge < -0.3 is 0 Å². The Balaban J connectivity index is 2.23. The van der Waals surface area contributed by atoms with E-state index in [1.165, 1.54) is 6.07 Å². The van der Waals surface area contributed by atoms with Crippen molar-refractivity contribution in [3.05, 3.63) is 39.9 Å². The number of piperidine rings is 1. The van der Waals surface area contributed by atoms with Gasteiger partial charge in [0, 0.05) is 18.1 Å². The molecule has 1 heterocycles. The molecule has 1 aromatic rings. The summed E-state index contributed by atoms with van der Waals surface area (Å²) in [6.45, 7) is 5.88. The average molecular weight is 287 g/mol. The van der Waals surface area contributed by atoms with Gasteiger partial charge in [-0.1, -0.05) is 25.1 Å². The molecule has 1 aliphatic heterocycles. The minimum atomic E-state index is -0.688. The summed E-state index contributed by atoms with van der Waals surface area (Å²) in [6.07, 6.45) is 2.54. The number of nitro benzene ring substituents is 1. The molecular formula is C16H21N3O2. The maximum Gasteiger partial charge on any atom is 0.272 e. The molecule has 1 aromatic carbocycles. The third-order valence-electron chi connectivity index (χ3n) is 4.45. The fourth-order valence-electron chi connectivity index (χ4n) is 2.93. The van der Waals surface area contributed by atoms with Crippen molar-refractivity contribution in [2.75, 3.05) is 13.1 Å². The molecule has 0 aromatic heterocycles. The van der Waals surface area contributed by atoms with E-state index in [1.807, 2.05) is 6.92 Å². The maximum atomic E-state index is 11.1. The Kier molecular flexibility index (Phi) is 4.59. The lowest BCUT2D eigenvalue weighted by Crippen LogP contribution is -2.50. The van der Waals surface area contributed by atoms with Crippen LogP contribution in [0.15, 0.2) is 24.3 Å². The molecule has 21 heavy (non-hydrogen) atoms. The van der Waals surface area contributed by atoms with Gasteiger partial charge in [0.2, 0.25) is 0 Å².